The van der Waals surface area contributed by atoms with Crippen molar-refractivity contribution in [3.63, 3.8) is 0 Å². The summed E-state index contributed by atoms with van der Waals surface area (Å²) in [6, 6.07) is 9.76. The van der Waals surface area contributed by atoms with Gasteiger partial charge in [-0.25, -0.2) is 4.79 Å². The van der Waals surface area contributed by atoms with Crippen LogP contribution >= 0.6 is 0 Å². The fourth-order valence-electron chi connectivity index (χ4n) is 2.06. The second-order valence-electron chi connectivity index (χ2n) is 4.50. The third-order valence-corrected chi connectivity index (χ3v) is 3.02. The number of rotatable bonds is 6. The largest absolute Gasteiger partial charge is 0.395 e. The van der Waals surface area contributed by atoms with Gasteiger partial charge in [-0.15, -0.1) is 6.58 Å². The number of aromatic nitrogens is 1. The molecule has 5 heteroatoms. The Bertz CT molecular complexity index is 559. The minimum absolute atomic E-state index is 0.0619. The van der Waals surface area contributed by atoms with E-state index in [0.717, 1.165) is 16.6 Å². The molecule has 3 N–H and O–H groups in total. The van der Waals surface area contributed by atoms with E-state index in [1.165, 1.54) is 4.90 Å². The van der Waals surface area contributed by atoms with Crippen LogP contribution in [0, 0.1) is 0 Å². The highest BCUT2D eigenvalue weighted by Gasteiger charge is 2.11. The number of aliphatic hydroxyl groups excluding tert-OH is 1. The Morgan fingerprint density at radius 2 is 2.25 bits per heavy atom. The first-order chi connectivity index (χ1) is 9.74. The number of hydrogen-bond donors (Lipinski definition) is 3. The van der Waals surface area contributed by atoms with E-state index in [-0.39, 0.29) is 12.6 Å². The van der Waals surface area contributed by atoms with Crippen LogP contribution in [-0.2, 0) is 6.54 Å². The highest BCUT2D eigenvalue weighted by molar-refractivity contribution is 5.80. The molecule has 106 valence electrons. The van der Waals surface area contributed by atoms with E-state index in [1.807, 2.05) is 30.3 Å². The number of hydrogen-bond acceptors (Lipinski definition) is 2. The van der Waals surface area contributed by atoms with E-state index < -0.39 is 0 Å². The van der Waals surface area contributed by atoms with Crippen molar-refractivity contribution in [3.8, 4) is 0 Å². The maximum Gasteiger partial charge on any atom is 0.318 e. The van der Waals surface area contributed by atoms with Crippen molar-refractivity contribution >= 4 is 16.9 Å². The van der Waals surface area contributed by atoms with Crippen molar-refractivity contribution in [2.24, 2.45) is 0 Å². The molecule has 0 radical (unpaired) electrons. The molecule has 0 fully saturated rings. The predicted molar refractivity (Wildman–Crippen MR) is 79.4 cm³/mol. The minimum atomic E-state index is -0.211. The summed E-state index contributed by atoms with van der Waals surface area (Å²) in [7, 11) is 0. The van der Waals surface area contributed by atoms with E-state index in [2.05, 4.69) is 16.9 Å². The first kappa shape index (κ1) is 14.1. The average Bonchev–Trinajstić information content (AvgIpc) is 2.87. The Balaban J connectivity index is 1.96. The molecule has 0 aliphatic heterocycles. The van der Waals surface area contributed by atoms with Gasteiger partial charge < -0.3 is 20.3 Å². The molecule has 0 spiro atoms. The zero-order chi connectivity index (χ0) is 14.4. The summed E-state index contributed by atoms with van der Waals surface area (Å²) < 4.78 is 0. The summed E-state index contributed by atoms with van der Waals surface area (Å²) in [5, 5.41) is 12.9. The molecule has 0 atom stereocenters. The fraction of sp³-hybridized carbons (Fsp3) is 0.267. The first-order valence-corrected chi connectivity index (χ1v) is 6.55. The average molecular weight is 273 g/mol. The van der Waals surface area contributed by atoms with Gasteiger partial charge in [0.2, 0.25) is 0 Å². The van der Waals surface area contributed by atoms with Gasteiger partial charge in [0, 0.05) is 24.3 Å². The Morgan fingerprint density at radius 3 is 2.95 bits per heavy atom. The third-order valence-electron chi connectivity index (χ3n) is 3.02. The molecule has 0 unspecified atom stereocenters. The molecule has 1 heterocycles. The lowest BCUT2D eigenvalue weighted by Gasteiger charge is -2.20. The lowest BCUT2D eigenvalue weighted by atomic mass is 10.2. The topological polar surface area (TPSA) is 68.4 Å². The molecule has 20 heavy (non-hydrogen) atoms. The summed E-state index contributed by atoms with van der Waals surface area (Å²) >= 11 is 0. The number of H-pyrrole nitrogens is 1. The lowest BCUT2D eigenvalue weighted by Crippen LogP contribution is -2.41. The number of carbonyl (C=O) groups is 1. The molecule has 0 saturated carbocycles. The summed E-state index contributed by atoms with van der Waals surface area (Å²) in [6.45, 7) is 4.68. The number of para-hydroxylation sites is 1. The van der Waals surface area contributed by atoms with Crippen LogP contribution in [0.5, 0.6) is 0 Å². The van der Waals surface area contributed by atoms with Crippen LogP contribution < -0.4 is 5.32 Å². The molecule has 2 amide bonds. The van der Waals surface area contributed by atoms with Crippen LogP contribution in [0.25, 0.3) is 10.9 Å². The van der Waals surface area contributed by atoms with Gasteiger partial charge in [0.1, 0.15) is 0 Å². The van der Waals surface area contributed by atoms with Crippen LogP contribution in [-0.4, -0.2) is 40.7 Å². The Hall–Kier alpha value is -2.27. The van der Waals surface area contributed by atoms with Crippen molar-refractivity contribution in [1.29, 1.82) is 0 Å². The van der Waals surface area contributed by atoms with Crippen LogP contribution in [0.1, 0.15) is 5.69 Å². The summed E-state index contributed by atoms with van der Waals surface area (Å²) in [5.74, 6) is 0. The van der Waals surface area contributed by atoms with Crippen molar-refractivity contribution in [1.82, 2.24) is 15.2 Å². The number of nitrogens with zero attached hydrogens (tertiary/aromatic N) is 1. The van der Waals surface area contributed by atoms with E-state index in [9.17, 15) is 4.79 Å². The fourth-order valence-corrected chi connectivity index (χ4v) is 2.06. The smallest absolute Gasteiger partial charge is 0.318 e. The quantitative estimate of drug-likeness (QED) is 0.703. The Kier molecular flexibility index (Phi) is 4.79. The van der Waals surface area contributed by atoms with Crippen LogP contribution in [0.3, 0.4) is 0 Å². The van der Waals surface area contributed by atoms with Gasteiger partial charge in [0.25, 0.3) is 0 Å². The number of nitrogens with one attached hydrogen (secondary N) is 2. The molecular formula is C15H19N3O2. The minimum Gasteiger partial charge on any atom is -0.395 e. The molecule has 2 rings (SSSR count). The third kappa shape index (κ3) is 3.39. The number of amides is 2. The van der Waals surface area contributed by atoms with E-state index in [1.54, 1.807) is 6.08 Å². The molecule has 1 aromatic heterocycles. The van der Waals surface area contributed by atoms with E-state index in [4.69, 9.17) is 5.11 Å². The molecule has 0 saturated heterocycles. The van der Waals surface area contributed by atoms with Gasteiger partial charge in [-0.2, -0.15) is 0 Å². The van der Waals surface area contributed by atoms with Gasteiger partial charge in [-0.05, 0) is 17.5 Å². The van der Waals surface area contributed by atoms with Crippen LogP contribution in [0.15, 0.2) is 43.0 Å². The Morgan fingerprint density at radius 1 is 1.45 bits per heavy atom. The molecule has 5 nitrogen and oxygen atoms in total. The lowest BCUT2D eigenvalue weighted by molar-refractivity contribution is 0.183. The van der Waals surface area contributed by atoms with Crippen molar-refractivity contribution < 1.29 is 9.90 Å². The van der Waals surface area contributed by atoms with Crippen molar-refractivity contribution in [3.05, 3.63) is 48.7 Å². The second kappa shape index (κ2) is 6.77. The van der Waals surface area contributed by atoms with E-state index >= 15 is 0 Å². The maximum atomic E-state index is 12.0. The molecule has 0 aliphatic rings. The Labute approximate surface area is 117 Å². The first-order valence-electron chi connectivity index (χ1n) is 6.55. The maximum absolute atomic E-state index is 12.0. The predicted octanol–water partition coefficient (Wildman–Crippen LogP) is 1.86. The molecular weight excluding hydrogens is 254 g/mol. The molecule has 0 bridgehead atoms. The van der Waals surface area contributed by atoms with Crippen molar-refractivity contribution in [2.75, 3.05) is 19.7 Å². The zero-order valence-electron chi connectivity index (χ0n) is 11.3. The standard InChI is InChI=1S/C15H19N3O2/c1-2-7-18(8-9-19)15(20)16-11-13-10-12-5-3-4-6-14(12)17-13/h2-6,10,17,19H,1,7-9,11H2,(H,16,20). The summed E-state index contributed by atoms with van der Waals surface area (Å²) in [4.78, 5) is 16.7. The molecule has 2 aromatic rings. The van der Waals surface area contributed by atoms with Gasteiger partial charge in [0.05, 0.1) is 13.2 Å². The summed E-state index contributed by atoms with van der Waals surface area (Å²) in [5.41, 5.74) is 2.00. The normalized spacial score (nSPS) is 10.4. The zero-order valence-corrected chi connectivity index (χ0v) is 11.3. The van der Waals surface area contributed by atoms with Crippen molar-refractivity contribution in [2.45, 2.75) is 6.54 Å². The van der Waals surface area contributed by atoms with Crippen LogP contribution in [0.2, 0.25) is 0 Å². The number of benzene rings is 1. The highest BCUT2D eigenvalue weighted by atomic mass is 16.3. The molecule has 1 aromatic carbocycles. The van der Waals surface area contributed by atoms with Crippen LogP contribution in [0.4, 0.5) is 4.79 Å². The summed E-state index contributed by atoms with van der Waals surface area (Å²) in [6.07, 6.45) is 1.64. The number of carbonyl (C=O) groups excluding carboxylic acids is 1. The van der Waals surface area contributed by atoms with Gasteiger partial charge in [-0.3, -0.25) is 0 Å². The van der Waals surface area contributed by atoms with Gasteiger partial charge in [-0.1, -0.05) is 24.3 Å². The number of aliphatic hydroxyl groups is 1. The second-order valence-corrected chi connectivity index (χ2v) is 4.50. The van der Waals surface area contributed by atoms with E-state index in [0.29, 0.717) is 19.6 Å². The monoisotopic (exact) mass is 273 g/mol. The van der Waals surface area contributed by atoms with Gasteiger partial charge >= 0.3 is 6.03 Å². The number of aromatic amines is 1. The number of fused-ring (bicyclic) bond motifs is 1. The SMILES string of the molecule is C=CCN(CCO)C(=O)NCc1cc2ccccc2[nH]1. The highest BCUT2D eigenvalue weighted by Crippen LogP contribution is 2.14. The van der Waals surface area contributed by atoms with Gasteiger partial charge in [0.15, 0.2) is 0 Å². The molecule has 0 aliphatic carbocycles. The number of urea groups is 1.